The summed E-state index contributed by atoms with van der Waals surface area (Å²) >= 11 is 0. The number of carbonyl (C=O) groups excluding carboxylic acids is 1. The van der Waals surface area contributed by atoms with Crippen LogP contribution in [-0.4, -0.2) is 65.9 Å². The van der Waals surface area contributed by atoms with Crippen LogP contribution in [0.1, 0.15) is 74.1 Å². The number of likely N-dealkylation sites (tertiary alicyclic amines) is 3. The smallest absolute Gasteiger partial charge is 0.289 e. The third-order valence-electron chi connectivity index (χ3n) is 6.61. The van der Waals surface area contributed by atoms with E-state index in [9.17, 15) is 4.79 Å². The fraction of sp³-hybridized carbons (Fsp3) is 0.773. The molecule has 150 valence electrons. The minimum Gasteiger partial charge on any atom is -0.455 e. The average Bonchev–Trinajstić information content (AvgIpc) is 3.00. The van der Waals surface area contributed by atoms with Gasteiger partial charge in [0.2, 0.25) is 0 Å². The number of rotatable bonds is 4. The molecule has 5 nitrogen and oxygen atoms in total. The third kappa shape index (κ3) is 4.94. The lowest BCUT2D eigenvalue weighted by Crippen LogP contribution is -2.47. The van der Waals surface area contributed by atoms with Crippen LogP contribution in [0, 0.1) is 0 Å². The Labute approximate surface area is 163 Å². The van der Waals surface area contributed by atoms with Crippen molar-refractivity contribution in [3.05, 3.63) is 23.7 Å². The van der Waals surface area contributed by atoms with Crippen molar-refractivity contribution in [2.45, 2.75) is 70.4 Å². The lowest BCUT2D eigenvalue weighted by atomic mass is 10.0. The summed E-state index contributed by atoms with van der Waals surface area (Å²) in [4.78, 5) is 20.0. The van der Waals surface area contributed by atoms with Gasteiger partial charge in [-0.1, -0.05) is 19.3 Å². The standard InChI is InChI=1S/C22H35N3O2/c26-22(21-9-8-20(27-21)18-23-12-4-3-5-13-23)25-16-10-19(11-17-25)24-14-6-1-2-7-15-24/h8-9,19H,1-7,10-18H2. The van der Waals surface area contributed by atoms with Crippen molar-refractivity contribution in [2.24, 2.45) is 0 Å². The van der Waals surface area contributed by atoms with Crippen LogP contribution in [0.2, 0.25) is 0 Å². The van der Waals surface area contributed by atoms with Crippen LogP contribution < -0.4 is 0 Å². The van der Waals surface area contributed by atoms with E-state index in [0.29, 0.717) is 11.8 Å². The zero-order valence-corrected chi connectivity index (χ0v) is 16.7. The van der Waals surface area contributed by atoms with Gasteiger partial charge in [-0.3, -0.25) is 9.69 Å². The first-order valence-corrected chi connectivity index (χ1v) is 11.1. The van der Waals surface area contributed by atoms with Gasteiger partial charge in [0.15, 0.2) is 5.76 Å². The molecule has 0 saturated carbocycles. The molecular weight excluding hydrogens is 338 g/mol. The Morgan fingerprint density at radius 1 is 0.852 bits per heavy atom. The molecule has 0 bridgehead atoms. The summed E-state index contributed by atoms with van der Waals surface area (Å²) in [6.45, 7) is 7.35. The van der Waals surface area contributed by atoms with Gasteiger partial charge in [-0.15, -0.1) is 0 Å². The van der Waals surface area contributed by atoms with Crippen molar-refractivity contribution < 1.29 is 9.21 Å². The predicted molar refractivity (Wildman–Crippen MR) is 107 cm³/mol. The maximum Gasteiger partial charge on any atom is 0.289 e. The molecule has 3 aliphatic heterocycles. The number of carbonyl (C=O) groups is 1. The Balaban J connectivity index is 1.27. The highest BCUT2D eigenvalue weighted by atomic mass is 16.4. The third-order valence-corrected chi connectivity index (χ3v) is 6.61. The molecule has 5 heteroatoms. The molecule has 1 aromatic rings. The van der Waals surface area contributed by atoms with Gasteiger partial charge < -0.3 is 14.2 Å². The van der Waals surface area contributed by atoms with Gasteiger partial charge in [0.05, 0.1) is 6.54 Å². The summed E-state index contributed by atoms with van der Waals surface area (Å²) in [5.74, 6) is 1.53. The van der Waals surface area contributed by atoms with Gasteiger partial charge in [-0.05, 0) is 76.8 Å². The van der Waals surface area contributed by atoms with Gasteiger partial charge in [0.1, 0.15) is 5.76 Å². The number of furan rings is 1. The largest absolute Gasteiger partial charge is 0.455 e. The van der Waals surface area contributed by atoms with Gasteiger partial charge in [-0.2, -0.15) is 0 Å². The number of amides is 1. The van der Waals surface area contributed by atoms with Gasteiger partial charge in [0, 0.05) is 19.1 Å². The molecular formula is C22H35N3O2. The summed E-state index contributed by atoms with van der Waals surface area (Å²) in [7, 11) is 0. The molecule has 0 aliphatic carbocycles. The molecule has 0 unspecified atom stereocenters. The minimum atomic E-state index is 0.0780. The number of hydrogen-bond donors (Lipinski definition) is 0. The van der Waals surface area contributed by atoms with Crippen molar-refractivity contribution in [1.29, 1.82) is 0 Å². The summed E-state index contributed by atoms with van der Waals surface area (Å²) in [5, 5.41) is 0. The van der Waals surface area contributed by atoms with Crippen LogP contribution in [0.15, 0.2) is 16.5 Å². The summed E-state index contributed by atoms with van der Waals surface area (Å²) in [6.07, 6.45) is 11.5. The van der Waals surface area contributed by atoms with E-state index in [2.05, 4.69) is 9.80 Å². The fourth-order valence-corrected chi connectivity index (χ4v) is 4.97. The summed E-state index contributed by atoms with van der Waals surface area (Å²) in [5.41, 5.74) is 0. The highest BCUT2D eigenvalue weighted by molar-refractivity contribution is 5.91. The molecule has 0 radical (unpaired) electrons. The van der Waals surface area contributed by atoms with Crippen LogP contribution >= 0.6 is 0 Å². The number of hydrogen-bond acceptors (Lipinski definition) is 4. The monoisotopic (exact) mass is 373 g/mol. The van der Waals surface area contributed by atoms with Gasteiger partial charge >= 0.3 is 0 Å². The van der Waals surface area contributed by atoms with E-state index in [1.807, 2.05) is 17.0 Å². The minimum absolute atomic E-state index is 0.0780. The Morgan fingerprint density at radius 3 is 2.19 bits per heavy atom. The lowest BCUT2D eigenvalue weighted by molar-refractivity contribution is 0.0590. The molecule has 4 heterocycles. The molecule has 4 rings (SSSR count). The molecule has 1 aromatic heterocycles. The first-order valence-electron chi connectivity index (χ1n) is 11.1. The van der Waals surface area contributed by atoms with E-state index in [4.69, 9.17) is 4.42 Å². The summed E-state index contributed by atoms with van der Waals surface area (Å²) < 4.78 is 5.92. The average molecular weight is 374 g/mol. The van der Waals surface area contributed by atoms with Crippen LogP contribution in [-0.2, 0) is 6.54 Å². The maximum absolute atomic E-state index is 12.8. The second-order valence-corrected chi connectivity index (χ2v) is 8.58. The van der Waals surface area contributed by atoms with Crippen molar-refractivity contribution in [3.8, 4) is 0 Å². The molecule has 1 amide bonds. The van der Waals surface area contributed by atoms with Crippen LogP contribution in [0.5, 0.6) is 0 Å². The molecule has 0 N–H and O–H groups in total. The zero-order chi connectivity index (χ0) is 18.5. The Kier molecular flexibility index (Phi) is 6.51. The van der Waals surface area contributed by atoms with Crippen LogP contribution in [0.4, 0.5) is 0 Å². The van der Waals surface area contributed by atoms with Crippen molar-refractivity contribution in [2.75, 3.05) is 39.3 Å². The quantitative estimate of drug-likeness (QED) is 0.806. The van der Waals surface area contributed by atoms with E-state index in [1.54, 1.807) is 0 Å². The van der Waals surface area contributed by atoms with E-state index < -0.39 is 0 Å². The van der Waals surface area contributed by atoms with Crippen LogP contribution in [0.3, 0.4) is 0 Å². The predicted octanol–water partition coefficient (Wildman–Crippen LogP) is 3.75. The van der Waals surface area contributed by atoms with Crippen molar-refractivity contribution in [3.63, 3.8) is 0 Å². The molecule has 0 spiro atoms. The highest BCUT2D eigenvalue weighted by Crippen LogP contribution is 2.23. The van der Waals surface area contributed by atoms with Crippen molar-refractivity contribution in [1.82, 2.24) is 14.7 Å². The molecule has 0 aromatic carbocycles. The molecule has 3 fully saturated rings. The van der Waals surface area contributed by atoms with Gasteiger partial charge in [-0.25, -0.2) is 0 Å². The second-order valence-electron chi connectivity index (χ2n) is 8.58. The first kappa shape index (κ1) is 19.0. The maximum atomic E-state index is 12.8. The molecule has 27 heavy (non-hydrogen) atoms. The number of piperidine rings is 2. The zero-order valence-electron chi connectivity index (χ0n) is 16.7. The Morgan fingerprint density at radius 2 is 1.48 bits per heavy atom. The highest BCUT2D eigenvalue weighted by Gasteiger charge is 2.29. The SMILES string of the molecule is O=C(c1ccc(CN2CCCCC2)o1)N1CCC(N2CCCCCC2)CC1. The van der Waals surface area contributed by atoms with E-state index in [1.165, 1.54) is 58.0 Å². The molecule has 0 atom stereocenters. The second kappa shape index (κ2) is 9.24. The van der Waals surface area contributed by atoms with E-state index >= 15 is 0 Å². The molecule has 3 saturated heterocycles. The summed E-state index contributed by atoms with van der Waals surface area (Å²) in [6, 6.07) is 4.53. The lowest BCUT2D eigenvalue weighted by Gasteiger charge is -2.37. The normalized spacial score (nSPS) is 24.1. The fourth-order valence-electron chi connectivity index (χ4n) is 4.97. The van der Waals surface area contributed by atoms with Crippen molar-refractivity contribution >= 4 is 5.91 Å². The topological polar surface area (TPSA) is 39.9 Å². The van der Waals surface area contributed by atoms with Crippen LogP contribution in [0.25, 0.3) is 0 Å². The number of nitrogens with zero attached hydrogens (tertiary/aromatic N) is 3. The van der Waals surface area contributed by atoms with Gasteiger partial charge in [0.25, 0.3) is 5.91 Å². The Hall–Kier alpha value is -1.33. The first-order chi connectivity index (χ1) is 13.3. The Bertz CT molecular complexity index is 592. The van der Waals surface area contributed by atoms with E-state index in [-0.39, 0.29) is 5.91 Å². The van der Waals surface area contributed by atoms with E-state index in [0.717, 1.165) is 51.3 Å². The molecule has 3 aliphatic rings.